The number of allylic oxidation sites excluding steroid dienone is 1. The summed E-state index contributed by atoms with van der Waals surface area (Å²) in [5, 5.41) is 49.3. The van der Waals surface area contributed by atoms with Crippen LogP contribution in [0.4, 0.5) is 11.4 Å². The van der Waals surface area contributed by atoms with Crippen LogP contribution in [-0.2, 0) is 4.79 Å². The van der Waals surface area contributed by atoms with Gasteiger partial charge in [-0.1, -0.05) is 11.6 Å². The number of anilines is 2. The number of benzene rings is 1. The fraction of sp³-hybridized carbons (Fsp3) is 0.550. The van der Waals surface area contributed by atoms with Crippen molar-refractivity contribution in [1.82, 2.24) is 0 Å². The van der Waals surface area contributed by atoms with Crippen molar-refractivity contribution < 1.29 is 30.3 Å². The van der Waals surface area contributed by atoms with E-state index in [-0.39, 0.29) is 6.54 Å². The van der Waals surface area contributed by atoms with Crippen LogP contribution in [0.1, 0.15) is 25.0 Å². The van der Waals surface area contributed by atoms with E-state index in [4.69, 9.17) is 5.11 Å². The Morgan fingerprint density at radius 1 is 1.11 bits per heavy atom. The summed E-state index contributed by atoms with van der Waals surface area (Å²) >= 11 is 0. The Labute approximate surface area is 164 Å². The summed E-state index contributed by atoms with van der Waals surface area (Å²) in [6, 6.07) is 3.67. The number of aliphatic hydroxyl groups is 5. The number of aliphatic hydroxyl groups excluding tert-OH is 5. The van der Waals surface area contributed by atoms with Crippen molar-refractivity contribution in [3.05, 3.63) is 34.9 Å². The molecule has 0 saturated carbocycles. The van der Waals surface area contributed by atoms with E-state index in [0.29, 0.717) is 17.9 Å². The zero-order valence-corrected chi connectivity index (χ0v) is 16.7. The Bertz CT molecular complexity index is 746. The minimum absolute atomic E-state index is 0.333. The molecule has 1 aliphatic rings. The second-order valence-electron chi connectivity index (χ2n) is 7.49. The minimum atomic E-state index is -1.63. The molecule has 1 unspecified atom stereocenters. The molecule has 1 heterocycles. The highest BCUT2D eigenvalue weighted by Crippen LogP contribution is 2.38. The molecule has 0 saturated heterocycles. The van der Waals surface area contributed by atoms with Crippen LogP contribution in [0.15, 0.2) is 23.8 Å². The first-order valence-electron chi connectivity index (χ1n) is 9.24. The first-order chi connectivity index (χ1) is 13.1. The Morgan fingerprint density at radius 3 is 2.21 bits per heavy atom. The number of fused-ring (bicyclic) bond motifs is 1. The lowest BCUT2D eigenvalue weighted by atomic mass is 10.0. The summed E-state index contributed by atoms with van der Waals surface area (Å²) in [5.41, 5.74) is 4.10. The maximum Gasteiger partial charge on any atom is 0.277 e. The fourth-order valence-corrected chi connectivity index (χ4v) is 3.08. The van der Waals surface area contributed by atoms with Crippen molar-refractivity contribution in [2.75, 3.05) is 29.5 Å². The van der Waals surface area contributed by atoms with Crippen LogP contribution in [0.25, 0.3) is 0 Å². The van der Waals surface area contributed by atoms with Crippen molar-refractivity contribution in [2.45, 2.75) is 52.2 Å². The molecule has 0 fully saturated rings. The van der Waals surface area contributed by atoms with Crippen LogP contribution < -0.4 is 9.80 Å². The third kappa shape index (κ3) is 4.53. The van der Waals surface area contributed by atoms with Crippen LogP contribution in [0, 0.1) is 13.8 Å². The SMILES string of the molecule is CC(C)=CCN1c2cc(C)c(C)cc2N(C[C@H](O)[C@H](O)[C@H](O)CO)C(=O)C1O. The summed E-state index contributed by atoms with van der Waals surface area (Å²) < 4.78 is 0. The number of nitrogens with zero attached hydrogens (tertiary/aromatic N) is 2. The van der Waals surface area contributed by atoms with E-state index in [0.717, 1.165) is 16.7 Å². The normalized spacial score (nSPS) is 19.9. The molecule has 0 aliphatic carbocycles. The van der Waals surface area contributed by atoms with E-state index in [2.05, 4.69) is 0 Å². The topological polar surface area (TPSA) is 125 Å². The van der Waals surface area contributed by atoms with E-state index in [1.54, 1.807) is 11.0 Å². The second kappa shape index (κ2) is 9.02. The van der Waals surface area contributed by atoms with Crippen LogP contribution in [0.2, 0.25) is 0 Å². The molecular weight excluding hydrogens is 364 g/mol. The number of amides is 1. The van der Waals surface area contributed by atoms with Gasteiger partial charge >= 0.3 is 0 Å². The van der Waals surface area contributed by atoms with Gasteiger partial charge in [-0.25, -0.2) is 0 Å². The third-order valence-corrected chi connectivity index (χ3v) is 5.01. The summed E-state index contributed by atoms with van der Waals surface area (Å²) in [7, 11) is 0. The van der Waals surface area contributed by atoms with E-state index < -0.39 is 37.1 Å². The molecule has 156 valence electrons. The molecule has 5 N–H and O–H groups in total. The minimum Gasteiger partial charge on any atom is -0.394 e. The first-order valence-corrected chi connectivity index (χ1v) is 9.24. The monoisotopic (exact) mass is 394 g/mol. The molecule has 8 nitrogen and oxygen atoms in total. The van der Waals surface area contributed by atoms with Crippen molar-refractivity contribution in [2.24, 2.45) is 0 Å². The lowest BCUT2D eigenvalue weighted by molar-refractivity contribution is -0.128. The number of carbonyl (C=O) groups is 1. The lowest BCUT2D eigenvalue weighted by Gasteiger charge is -2.41. The van der Waals surface area contributed by atoms with Crippen molar-refractivity contribution in [3.63, 3.8) is 0 Å². The predicted molar refractivity (Wildman–Crippen MR) is 106 cm³/mol. The summed E-state index contributed by atoms with van der Waals surface area (Å²) in [6.45, 7) is 6.96. The zero-order chi connectivity index (χ0) is 21.2. The number of aryl methyl sites for hydroxylation is 2. The van der Waals surface area contributed by atoms with Crippen LogP contribution in [0.5, 0.6) is 0 Å². The van der Waals surface area contributed by atoms with Gasteiger partial charge in [-0.3, -0.25) is 4.79 Å². The molecule has 1 amide bonds. The molecule has 1 aliphatic heterocycles. The number of hydrogen-bond donors (Lipinski definition) is 5. The molecule has 1 aromatic rings. The first kappa shape index (κ1) is 22.3. The summed E-state index contributed by atoms with van der Waals surface area (Å²) in [4.78, 5) is 15.6. The molecule has 4 atom stereocenters. The maximum atomic E-state index is 12.8. The highest BCUT2D eigenvalue weighted by atomic mass is 16.4. The van der Waals surface area contributed by atoms with Gasteiger partial charge in [0.05, 0.1) is 24.5 Å². The molecule has 8 heteroatoms. The van der Waals surface area contributed by atoms with Crippen molar-refractivity contribution >= 4 is 17.3 Å². The van der Waals surface area contributed by atoms with Gasteiger partial charge in [0, 0.05) is 6.54 Å². The standard InChI is InChI=1S/C20H30N2O6/c1-11(2)5-6-21-14-7-12(3)13(4)8-15(14)22(20(28)19(21)27)9-16(24)18(26)17(25)10-23/h5,7-8,16-19,23-27H,6,9-10H2,1-4H3/t16-,17+,18-,19?/m0/s1. The van der Waals surface area contributed by atoms with Gasteiger partial charge < -0.3 is 35.3 Å². The zero-order valence-electron chi connectivity index (χ0n) is 16.7. The van der Waals surface area contributed by atoms with E-state index in [1.807, 2.05) is 39.8 Å². The van der Waals surface area contributed by atoms with Gasteiger partial charge in [0.25, 0.3) is 5.91 Å². The number of hydrogen-bond acceptors (Lipinski definition) is 7. The number of rotatable bonds is 7. The second-order valence-corrected chi connectivity index (χ2v) is 7.49. The fourth-order valence-electron chi connectivity index (χ4n) is 3.08. The smallest absolute Gasteiger partial charge is 0.277 e. The highest BCUT2D eigenvalue weighted by molar-refractivity contribution is 6.05. The van der Waals surface area contributed by atoms with Crippen LogP contribution >= 0.6 is 0 Å². The Kier molecular flexibility index (Phi) is 7.19. The average molecular weight is 394 g/mol. The third-order valence-electron chi connectivity index (χ3n) is 5.01. The van der Waals surface area contributed by atoms with E-state index in [9.17, 15) is 25.2 Å². The lowest BCUT2D eigenvalue weighted by Crippen LogP contribution is -2.57. The molecule has 0 radical (unpaired) electrons. The van der Waals surface area contributed by atoms with Gasteiger partial charge in [-0.15, -0.1) is 0 Å². The number of carbonyl (C=O) groups excluding carboxylic acids is 1. The Morgan fingerprint density at radius 2 is 1.68 bits per heavy atom. The van der Waals surface area contributed by atoms with Gasteiger partial charge in [-0.05, 0) is 51.0 Å². The maximum absolute atomic E-state index is 12.8. The van der Waals surface area contributed by atoms with Gasteiger partial charge in [0.2, 0.25) is 6.23 Å². The summed E-state index contributed by atoms with van der Waals surface area (Å²) in [5.74, 6) is -0.636. The Hall–Kier alpha value is -1.97. The van der Waals surface area contributed by atoms with Crippen molar-refractivity contribution in [1.29, 1.82) is 0 Å². The molecule has 0 spiro atoms. The predicted octanol–water partition coefficient (Wildman–Crippen LogP) is -0.184. The quantitative estimate of drug-likeness (QED) is 0.406. The average Bonchev–Trinajstić information content (AvgIpc) is 2.65. The highest BCUT2D eigenvalue weighted by Gasteiger charge is 2.39. The van der Waals surface area contributed by atoms with Gasteiger partial charge in [-0.2, -0.15) is 0 Å². The number of β-amino-alcohol motifs (C(OH)–C–C–N with tert-alkyl or cyclic N) is 1. The molecular formula is C20H30N2O6. The van der Waals surface area contributed by atoms with Gasteiger partial charge in [0.15, 0.2) is 0 Å². The Balaban J connectivity index is 2.45. The van der Waals surface area contributed by atoms with E-state index in [1.165, 1.54) is 4.90 Å². The molecule has 2 rings (SSSR count). The largest absolute Gasteiger partial charge is 0.394 e. The van der Waals surface area contributed by atoms with Crippen molar-refractivity contribution in [3.8, 4) is 0 Å². The van der Waals surface area contributed by atoms with Crippen LogP contribution in [-0.4, -0.2) is 75.7 Å². The molecule has 0 aromatic heterocycles. The van der Waals surface area contributed by atoms with E-state index >= 15 is 0 Å². The molecule has 28 heavy (non-hydrogen) atoms. The van der Waals surface area contributed by atoms with Gasteiger partial charge in [0.1, 0.15) is 18.3 Å². The molecule has 0 bridgehead atoms. The summed E-state index contributed by atoms with van der Waals surface area (Å²) in [6.07, 6.45) is -4.21. The molecule has 1 aromatic carbocycles. The van der Waals surface area contributed by atoms with Crippen LogP contribution in [0.3, 0.4) is 0 Å².